The number of nitrogens with zero attached hydrogens (tertiary/aromatic N) is 3. The van der Waals surface area contributed by atoms with Crippen LogP contribution < -0.4 is 22.5 Å². The second-order valence-corrected chi connectivity index (χ2v) is 8.02. The lowest BCUT2D eigenvalue weighted by Gasteiger charge is -2.32. The van der Waals surface area contributed by atoms with Gasteiger partial charge in [-0.3, -0.25) is 19.4 Å². The number of nitrogens with two attached hydrogens (primary N) is 3. The molecule has 13 nitrogen and oxygen atoms in total. The summed E-state index contributed by atoms with van der Waals surface area (Å²) in [5, 5.41) is 20.4. The average Bonchev–Trinajstić information content (AvgIpc) is 3.43. The van der Waals surface area contributed by atoms with E-state index in [-0.39, 0.29) is 17.8 Å². The molecular weight excluding hydrogens is 422 g/mol. The largest absolute Gasteiger partial charge is 0.480 e. The van der Waals surface area contributed by atoms with Crippen LogP contribution in [0.3, 0.4) is 0 Å². The van der Waals surface area contributed by atoms with E-state index in [2.05, 4.69) is 10.3 Å². The molecule has 0 aromatic heterocycles. The SMILES string of the molecule is NC(N)=NCCCC(N)C(=O)N1CCCC1C(=O)N1CCCC1C(=O)NC(CO)C(=O)O. The number of carbonyl (C=O) groups excluding carboxylic acids is 3. The number of guanidine groups is 1. The minimum Gasteiger partial charge on any atom is -0.480 e. The number of hydrogen-bond acceptors (Lipinski definition) is 7. The Kier molecular flexibility index (Phi) is 9.20. The molecule has 4 unspecified atom stereocenters. The van der Waals surface area contributed by atoms with Crippen molar-refractivity contribution in [3.63, 3.8) is 0 Å². The molecule has 4 atom stereocenters. The van der Waals surface area contributed by atoms with E-state index in [1.54, 1.807) is 0 Å². The molecule has 32 heavy (non-hydrogen) atoms. The molecule has 0 radical (unpaired) electrons. The van der Waals surface area contributed by atoms with Crippen LogP contribution in [0.2, 0.25) is 0 Å². The molecule has 2 aliphatic rings. The summed E-state index contributed by atoms with van der Waals surface area (Å²) in [4.78, 5) is 56.4. The Hall–Kier alpha value is -2.93. The highest BCUT2D eigenvalue weighted by Gasteiger charge is 2.43. The molecule has 3 amide bonds. The van der Waals surface area contributed by atoms with E-state index in [9.17, 15) is 19.2 Å². The lowest BCUT2D eigenvalue weighted by Crippen LogP contribution is -2.56. The second-order valence-electron chi connectivity index (χ2n) is 8.02. The van der Waals surface area contributed by atoms with Gasteiger partial charge in [0.05, 0.1) is 12.6 Å². The number of nitrogens with one attached hydrogen (secondary N) is 1. The molecular formula is C19H33N7O6. The zero-order chi connectivity index (χ0) is 23.8. The Morgan fingerprint density at radius 2 is 1.69 bits per heavy atom. The monoisotopic (exact) mass is 455 g/mol. The molecule has 2 saturated heterocycles. The molecule has 0 aliphatic carbocycles. The van der Waals surface area contributed by atoms with E-state index in [1.165, 1.54) is 9.80 Å². The van der Waals surface area contributed by atoms with Gasteiger partial charge in [-0.25, -0.2) is 4.79 Å². The third-order valence-corrected chi connectivity index (χ3v) is 5.74. The third kappa shape index (κ3) is 6.29. The van der Waals surface area contributed by atoms with E-state index < -0.39 is 42.7 Å². The van der Waals surface area contributed by atoms with Gasteiger partial charge in [0.2, 0.25) is 17.7 Å². The van der Waals surface area contributed by atoms with Crippen molar-refractivity contribution in [3.8, 4) is 0 Å². The lowest BCUT2D eigenvalue weighted by molar-refractivity contribution is -0.148. The van der Waals surface area contributed by atoms with Gasteiger partial charge in [-0.1, -0.05) is 0 Å². The third-order valence-electron chi connectivity index (χ3n) is 5.74. The predicted octanol–water partition coefficient (Wildman–Crippen LogP) is -3.09. The number of likely N-dealkylation sites (tertiary alicyclic amines) is 2. The van der Waals surface area contributed by atoms with Crippen molar-refractivity contribution in [2.24, 2.45) is 22.2 Å². The normalized spacial score (nSPS) is 22.3. The first-order valence-corrected chi connectivity index (χ1v) is 10.7. The highest BCUT2D eigenvalue weighted by atomic mass is 16.4. The lowest BCUT2D eigenvalue weighted by atomic mass is 10.1. The van der Waals surface area contributed by atoms with E-state index >= 15 is 0 Å². The van der Waals surface area contributed by atoms with Gasteiger partial charge in [0.25, 0.3) is 0 Å². The first kappa shape index (κ1) is 25.3. The maximum absolute atomic E-state index is 13.2. The minimum absolute atomic E-state index is 0.0343. The quantitative estimate of drug-likeness (QED) is 0.111. The fourth-order valence-corrected chi connectivity index (χ4v) is 4.09. The molecule has 0 bridgehead atoms. The number of aliphatic hydroxyl groups is 1. The number of rotatable bonds is 10. The number of carbonyl (C=O) groups is 4. The Balaban J connectivity index is 2.00. The topological polar surface area (TPSA) is 218 Å². The Morgan fingerprint density at radius 1 is 1.06 bits per heavy atom. The van der Waals surface area contributed by atoms with Crippen LogP contribution in [0.15, 0.2) is 4.99 Å². The first-order chi connectivity index (χ1) is 15.2. The molecule has 180 valence electrons. The Morgan fingerprint density at radius 3 is 2.28 bits per heavy atom. The number of carboxylic acid groups (broad SMARTS) is 1. The number of carboxylic acids is 1. The number of amides is 3. The van der Waals surface area contributed by atoms with Gasteiger partial charge in [-0.2, -0.15) is 0 Å². The molecule has 2 aliphatic heterocycles. The standard InChI is InChI=1S/C19H33N7O6/c20-11(4-1-7-23-19(21)22)16(29)26-9-3-6-14(26)17(30)25-8-2-5-13(25)15(28)24-12(10-27)18(31)32/h11-14,27H,1-10,20H2,(H,24,28)(H,31,32)(H4,21,22,23). The maximum atomic E-state index is 13.2. The van der Waals surface area contributed by atoms with Crippen LogP contribution in [0, 0.1) is 0 Å². The van der Waals surface area contributed by atoms with E-state index in [4.69, 9.17) is 27.4 Å². The van der Waals surface area contributed by atoms with E-state index in [0.29, 0.717) is 58.2 Å². The average molecular weight is 456 g/mol. The summed E-state index contributed by atoms with van der Waals surface area (Å²) in [6.07, 6.45) is 2.93. The van der Waals surface area contributed by atoms with Crippen molar-refractivity contribution >= 4 is 29.7 Å². The number of aliphatic hydroxyl groups excluding tert-OH is 1. The fraction of sp³-hybridized carbons (Fsp3) is 0.737. The Bertz CT molecular complexity index is 742. The van der Waals surface area contributed by atoms with Gasteiger partial charge in [0, 0.05) is 19.6 Å². The van der Waals surface area contributed by atoms with Crippen molar-refractivity contribution in [1.82, 2.24) is 15.1 Å². The first-order valence-electron chi connectivity index (χ1n) is 10.7. The van der Waals surface area contributed by atoms with Gasteiger partial charge in [0.1, 0.15) is 18.1 Å². The van der Waals surface area contributed by atoms with Crippen LogP contribution in [0.4, 0.5) is 0 Å². The van der Waals surface area contributed by atoms with Crippen LogP contribution in [0.5, 0.6) is 0 Å². The summed E-state index contributed by atoms with van der Waals surface area (Å²) < 4.78 is 0. The molecule has 0 saturated carbocycles. The van der Waals surface area contributed by atoms with Crippen LogP contribution in [0.25, 0.3) is 0 Å². The highest BCUT2D eigenvalue weighted by molar-refractivity contribution is 5.94. The molecule has 2 fully saturated rings. The molecule has 2 rings (SSSR count). The summed E-state index contributed by atoms with van der Waals surface area (Å²) in [5.41, 5.74) is 16.6. The van der Waals surface area contributed by atoms with Gasteiger partial charge in [0.15, 0.2) is 5.96 Å². The van der Waals surface area contributed by atoms with Crippen LogP contribution in [-0.2, 0) is 19.2 Å². The zero-order valence-corrected chi connectivity index (χ0v) is 18.0. The molecule has 13 heteroatoms. The predicted molar refractivity (Wildman–Crippen MR) is 114 cm³/mol. The summed E-state index contributed by atoms with van der Waals surface area (Å²) in [5.74, 6) is -2.72. The molecule has 0 spiro atoms. The van der Waals surface area contributed by atoms with Crippen molar-refractivity contribution in [3.05, 3.63) is 0 Å². The smallest absolute Gasteiger partial charge is 0.328 e. The second kappa shape index (κ2) is 11.6. The van der Waals surface area contributed by atoms with Gasteiger partial charge >= 0.3 is 5.97 Å². The number of hydrogen-bond donors (Lipinski definition) is 6. The van der Waals surface area contributed by atoms with Crippen LogP contribution >= 0.6 is 0 Å². The molecule has 0 aromatic carbocycles. The van der Waals surface area contributed by atoms with E-state index in [0.717, 1.165) is 0 Å². The molecule has 2 heterocycles. The minimum atomic E-state index is -1.44. The summed E-state index contributed by atoms with van der Waals surface area (Å²) in [6, 6.07) is -3.80. The van der Waals surface area contributed by atoms with E-state index in [1.807, 2.05) is 0 Å². The highest BCUT2D eigenvalue weighted by Crippen LogP contribution is 2.25. The summed E-state index contributed by atoms with van der Waals surface area (Å²) in [7, 11) is 0. The van der Waals surface area contributed by atoms with Crippen LogP contribution in [0.1, 0.15) is 38.5 Å². The zero-order valence-electron chi connectivity index (χ0n) is 18.0. The van der Waals surface area contributed by atoms with Gasteiger partial charge in [-0.15, -0.1) is 0 Å². The van der Waals surface area contributed by atoms with Crippen molar-refractivity contribution in [2.75, 3.05) is 26.2 Å². The number of aliphatic carboxylic acids is 1. The maximum Gasteiger partial charge on any atom is 0.328 e. The molecule has 0 aromatic rings. The van der Waals surface area contributed by atoms with Crippen molar-refractivity contribution < 1.29 is 29.4 Å². The molecule has 9 N–H and O–H groups in total. The Labute approximate surface area is 186 Å². The number of aliphatic imine (C=N–C) groups is 1. The van der Waals surface area contributed by atoms with Crippen molar-refractivity contribution in [2.45, 2.75) is 62.7 Å². The van der Waals surface area contributed by atoms with Crippen LogP contribution in [-0.4, -0.2) is 100 Å². The van der Waals surface area contributed by atoms with Gasteiger partial charge < -0.3 is 42.5 Å². The summed E-state index contributed by atoms with van der Waals surface area (Å²) >= 11 is 0. The fourth-order valence-electron chi connectivity index (χ4n) is 4.09. The summed E-state index contributed by atoms with van der Waals surface area (Å²) in [6.45, 7) is 0.319. The van der Waals surface area contributed by atoms with Gasteiger partial charge in [-0.05, 0) is 38.5 Å². The van der Waals surface area contributed by atoms with Crippen molar-refractivity contribution in [1.29, 1.82) is 0 Å².